The van der Waals surface area contributed by atoms with E-state index in [1.54, 1.807) is 30.3 Å². The summed E-state index contributed by atoms with van der Waals surface area (Å²) >= 11 is 9.60. The number of carbonyl (C=O) groups excluding carboxylic acids is 2. The molecule has 166 valence electrons. The van der Waals surface area contributed by atoms with Gasteiger partial charge in [0.15, 0.2) is 6.61 Å². The lowest BCUT2D eigenvalue weighted by Crippen LogP contribution is -2.41. The van der Waals surface area contributed by atoms with Crippen molar-refractivity contribution in [1.82, 2.24) is 4.90 Å². The first kappa shape index (κ1) is 24.0. The number of carbonyl (C=O) groups is 3. The second-order valence-electron chi connectivity index (χ2n) is 6.90. The molecule has 32 heavy (non-hydrogen) atoms. The molecule has 0 radical (unpaired) electrons. The average Bonchev–Trinajstić information content (AvgIpc) is 3.01. The Kier molecular flexibility index (Phi) is 7.70. The molecular weight excluding hydrogens is 516 g/mol. The van der Waals surface area contributed by atoms with Gasteiger partial charge >= 0.3 is 5.97 Å². The number of halogens is 1. The van der Waals surface area contributed by atoms with Crippen molar-refractivity contribution in [2.24, 2.45) is 0 Å². The fraction of sp³-hybridized carbons (Fsp3) is 0.182. The monoisotopic (exact) mass is 534 g/mol. The SMILES string of the molecule is Cc1ccccc1NC(=O)COc1ccc(Br)cc1/C=C1\SC(=S)N(C(C)C(=O)O)C1=O. The Bertz CT molecular complexity index is 1140. The molecule has 2 N–H and O–H groups in total. The van der Waals surface area contributed by atoms with Crippen molar-refractivity contribution in [2.75, 3.05) is 11.9 Å². The zero-order valence-electron chi connectivity index (χ0n) is 17.1. The number of para-hydroxylation sites is 1. The van der Waals surface area contributed by atoms with E-state index in [1.807, 2.05) is 25.1 Å². The third-order valence-corrected chi connectivity index (χ3v) is 6.43. The molecule has 2 aromatic rings. The molecule has 1 atom stereocenters. The van der Waals surface area contributed by atoms with Crippen molar-refractivity contribution in [1.29, 1.82) is 0 Å². The summed E-state index contributed by atoms with van der Waals surface area (Å²) in [5.74, 6) is -1.56. The Morgan fingerprint density at radius 2 is 2.03 bits per heavy atom. The maximum atomic E-state index is 12.7. The number of aryl methyl sites for hydroxylation is 1. The Hall–Kier alpha value is -2.69. The van der Waals surface area contributed by atoms with Crippen molar-refractivity contribution < 1.29 is 24.2 Å². The predicted octanol–water partition coefficient (Wildman–Crippen LogP) is 4.45. The van der Waals surface area contributed by atoms with Gasteiger partial charge < -0.3 is 15.2 Å². The number of thiocarbonyl (C=S) groups is 1. The van der Waals surface area contributed by atoms with Gasteiger partial charge in [-0.1, -0.05) is 58.1 Å². The minimum atomic E-state index is -1.14. The molecule has 0 bridgehead atoms. The number of carboxylic acids is 1. The number of benzene rings is 2. The number of thioether (sulfide) groups is 1. The second kappa shape index (κ2) is 10.3. The number of carboxylic acid groups (broad SMARTS) is 1. The highest BCUT2D eigenvalue weighted by molar-refractivity contribution is 9.10. The van der Waals surface area contributed by atoms with E-state index in [0.29, 0.717) is 17.0 Å². The molecule has 1 heterocycles. The lowest BCUT2D eigenvalue weighted by atomic mass is 10.1. The molecule has 2 amide bonds. The standard InChI is InChI=1S/C22H19BrN2O5S2/c1-12-5-3-4-6-16(12)24-19(26)11-30-17-8-7-15(23)9-14(17)10-18-20(27)25(22(31)32-18)13(2)21(28)29/h3-10,13H,11H2,1-2H3,(H,24,26)(H,28,29)/b18-10-. The van der Waals surface area contributed by atoms with Gasteiger partial charge in [0.1, 0.15) is 16.1 Å². The summed E-state index contributed by atoms with van der Waals surface area (Å²) in [6, 6.07) is 11.5. The smallest absolute Gasteiger partial charge is 0.326 e. The maximum absolute atomic E-state index is 12.7. The van der Waals surface area contributed by atoms with Crippen LogP contribution in [-0.2, 0) is 14.4 Å². The van der Waals surface area contributed by atoms with Crippen LogP contribution in [0.3, 0.4) is 0 Å². The molecule has 1 unspecified atom stereocenters. The lowest BCUT2D eigenvalue weighted by Gasteiger charge is -2.18. The van der Waals surface area contributed by atoms with Gasteiger partial charge in [0.25, 0.3) is 11.8 Å². The van der Waals surface area contributed by atoms with Gasteiger partial charge in [-0.05, 0) is 49.8 Å². The van der Waals surface area contributed by atoms with Crippen molar-refractivity contribution in [3.8, 4) is 5.75 Å². The number of amides is 2. The summed E-state index contributed by atoms with van der Waals surface area (Å²) in [6.07, 6.45) is 1.58. The summed E-state index contributed by atoms with van der Waals surface area (Å²) in [4.78, 5) is 37.7. The zero-order valence-corrected chi connectivity index (χ0v) is 20.3. The predicted molar refractivity (Wildman–Crippen MR) is 132 cm³/mol. The number of rotatable bonds is 7. The van der Waals surface area contributed by atoms with E-state index in [9.17, 15) is 19.5 Å². The van der Waals surface area contributed by atoms with Crippen LogP contribution < -0.4 is 10.1 Å². The molecule has 0 spiro atoms. The molecule has 10 heteroatoms. The third kappa shape index (κ3) is 5.56. The Labute approximate surface area is 202 Å². The molecule has 0 aliphatic carbocycles. The Balaban J connectivity index is 1.77. The normalized spacial score (nSPS) is 15.7. The molecule has 1 fully saturated rings. The molecule has 1 saturated heterocycles. The Morgan fingerprint density at radius 3 is 2.72 bits per heavy atom. The number of anilines is 1. The van der Waals surface area contributed by atoms with Crippen LogP contribution in [0.4, 0.5) is 5.69 Å². The fourth-order valence-corrected chi connectivity index (χ4v) is 4.66. The van der Waals surface area contributed by atoms with Gasteiger partial charge in [-0.2, -0.15) is 0 Å². The van der Waals surface area contributed by atoms with E-state index in [0.717, 1.165) is 26.7 Å². The minimum Gasteiger partial charge on any atom is -0.483 e. The highest BCUT2D eigenvalue weighted by atomic mass is 79.9. The van der Waals surface area contributed by atoms with Gasteiger partial charge in [0.2, 0.25) is 0 Å². The summed E-state index contributed by atoms with van der Waals surface area (Å²) in [7, 11) is 0. The third-order valence-electron chi connectivity index (χ3n) is 4.60. The van der Waals surface area contributed by atoms with Crippen LogP contribution in [0.25, 0.3) is 6.08 Å². The second-order valence-corrected chi connectivity index (χ2v) is 9.49. The summed E-state index contributed by atoms with van der Waals surface area (Å²) in [5.41, 5.74) is 2.18. The van der Waals surface area contributed by atoms with E-state index >= 15 is 0 Å². The molecule has 1 aliphatic rings. The van der Waals surface area contributed by atoms with Crippen LogP contribution in [0.15, 0.2) is 51.8 Å². The maximum Gasteiger partial charge on any atom is 0.326 e. The lowest BCUT2D eigenvalue weighted by molar-refractivity contribution is -0.144. The minimum absolute atomic E-state index is 0.172. The first-order valence-corrected chi connectivity index (χ1v) is 11.5. The van der Waals surface area contributed by atoms with Crippen LogP contribution in [0.5, 0.6) is 5.75 Å². The van der Waals surface area contributed by atoms with Crippen molar-refractivity contribution in [3.63, 3.8) is 0 Å². The molecule has 0 aromatic heterocycles. The molecule has 3 rings (SSSR count). The van der Waals surface area contributed by atoms with Crippen LogP contribution in [0, 0.1) is 6.92 Å². The highest BCUT2D eigenvalue weighted by Gasteiger charge is 2.38. The molecular formula is C22H19BrN2O5S2. The topological polar surface area (TPSA) is 95.9 Å². The molecule has 2 aromatic carbocycles. The molecule has 7 nitrogen and oxygen atoms in total. The van der Waals surface area contributed by atoms with Crippen LogP contribution in [0.2, 0.25) is 0 Å². The van der Waals surface area contributed by atoms with Crippen LogP contribution >= 0.6 is 39.9 Å². The summed E-state index contributed by atoms with van der Waals surface area (Å²) in [6.45, 7) is 3.06. The van der Waals surface area contributed by atoms with E-state index in [1.165, 1.54) is 6.92 Å². The number of hydrogen-bond acceptors (Lipinski definition) is 6. The Morgan fingerprint density at radius 1 is 1.31 bits per heavy atom. The fourth-order valence-electron chi connectivity index (χ4n) is 2.87. The van der Waals surface area contributed by atoms with E-state index in [-0.39, 0.29) is 21.7 Å². The van der Waals surface area contributed by atoms with Crippen molar-refractivity contribution in [2.45, 2.75) is 19.9 Å². The molecule has 1 aliphatic heterocycles. The van der Waals surface area contributed by atoms with E-state index in [4.69, 9.17) is 17.0 Å². The summed E-state index contributed by atoms with van der Waals surface area (Å²) in [5, 5.41) is 12.0. The first-order chi connectivity index (χ1) is 15.2. The van der Waals surface area contributed by atoms with Gasteiger partial charge in [-0.25, -0.2) is 4.79 Å². The number of aliphatic carboxylic acids is 1. The highest BCUT2D eigenvalue weighted by Crippen LogP contribution is 2.36. The van der Waals surface area contributed by atoms with Crippen molar-refractivity contribution >= 4 is 73.8 Å². The van der Waals surface area contributed by atoms with Crippen LogP contribution in [-0.4, -0.2) is 44.8 Å². The largest absolute Gasteiger partial charge is 0.483 e. The first-order valence-electron chi connectivity index (χ1n) is 9.45. The van der Waals surface area contributed by atoms with Gasteiger partial charge in [-0.15, -0.1) is 0 Å². The average molecular weight is 535 g/mol. The van der Waals surface area contributed by atoms with Gasteiger partial charge in [0.05, 0.1) is 4.91 Å². The number of nitrogens with zero attached hydrogens (tertiary/aromatic N) is 1. The molecule has 0 saturated carbocycles. The van der Waals surface area contributed by atoms with Gasteiger partial charge in [0, 0.05) is 15.7 Å². The van der Waals surface area contributed by atoms with Gasteiger partial charge in [-0.3, -0.25) is 14.5 Å². The van der Waals surface area contributed by atoms with Crippen LogP contribution in [0.1, 0.15) is 18.1 Å². The van der Waals surface area contributed by atoms with E-state index < -0.39 is 17.9 Å². The summed E-state index contributed by atoms with van der Waals surface area (Å²) < 4.78 is 6.63. The number of hydrogen-bond donors (Lipinski definition) is 2. The zero-order chi connectivity index (χ0) is 23.4. The quantitative estimate of drug-likeness (QED) is 0.400. The van der Waals surface area contributed by atoms with E-state index in [2.05, 4.69) is 21.2 Å². The van der Waals surface area contributed by atoms with Crippen molar-refractivity contribution in [3.05, 3.63) is 63.0 Å². The number of ether oxygens (including phenoxy) is 1. The number of nitrogens with one attached hydrogen (secondary N) is 1.